The van der Waals surface area contributed by atoms with Crippen molar-refractivity contribution in [2.75, 3.05) is 44.2 Å². The first-order valence-electron chi connectivity index (χ1n) is 15.2. The van der Waals surface area contributed by atoms with Crippen LogP contribution >= 0.6 is 11.6 Å². The molecule has 2 N–H and O–H groups in total. The Kier molecular flexibility index (Phi) is 8.79. The third-order valence-corrected chi connectivity index (χ3v) is 9.32. The summed E-state index contributed by atoms with van der Waals surface area (Å²) in [5.74, 6) is -0.157. The first kappa shape index (κ1) is 28.7. The van der Waals surface area contributed by atoms with Crippen LogP contribution in [0.1, 0.15) is 34.7 Å². The minimum Gasteiger partial charge on any atom is -0.368 e. The van der Waals surface area contributed by atoms with E-state index in [4.69, 9.17) is 11.6 Å². The average Bonchev–Trinajstić information content (AvgIpc) is 3.04. The lowest BCUT2D eigenvalue weighted by molar-refractivity contribution is -0.137. The van der Waals surface area contributed by atoms with E-state index in [9.17, 15) is 9.59 Å². The Labute approximate surface area is 253 Å². The van der Waals surface area contributed by atoms with Crippen molar-refractivity contribution in [3.8, 4) is 0 Å². The molecule has 2 atom stereocenters. The molecule has 0 radical (unpaired) electrons. The molecular weight excluding hydrogens is 546 g/mol. The molecule has 8 heteroatoms. The molecule has 0 saturated carbocycles. The number of hydrogen-bond donors (Lipinski definition) is 2. The van der Waals surface area contributed by atoms with Gasteiger partial charge in [0.05, 0.1) is 6.04 Å². The zero-order chi connectivity index (χ0) is 29.1. The van der Waals surface area contributed by atoms with Crippen LogP contribution in [0.2, 0.25) is 5.02 Å². The smallest absolute Gasteiger partial charge is 0.245 e. The number of nitrogens with zero attached hydrogens (tertiary/aromatic N) is 3. The number of carbonyl (C=O) groups excluding carboxylic acids is 2. The Morgan fingerprint density at radius 3 is 2.43 bits per heavy atom. The molecule has 0 spiro atoms. The Bertz CT molecular complexity index is 1420. The van der Waals surface area contributed by atoms with Crippen LogP contribution in [0.4, 0.5) is 5.69 Å². The van der Waals surface area contributed by atoms with Crippen LogP contribution in [0, 0.1) is 0 Å². The number of carbonyl (C=O) groups is 2. The summed E-state index contributed by atoms with van der Waals surface area (Å²) in [5, 5.41) is 7.14. The Morgan fingerprint density at radius 1 is 0.929 bits per heavy atom. The monoisotopic (exact) mass is 585 g/mol. The minimum absolute atomic E-state index is 0.0252. The molecule has 1 saturated heterocycles. The molecule has 3 aromatic carbocycles. The average molecular weight is 586 g/mol. The van der Waals surface area contributed by atoms with Crippen LogP contribution < -0.4 is 15.5 Å². The second kappa shape index (κ2) is 12.9. The number of piperazine rings is 1. The number of anilines is 1. The molecule has 42 heavy (non-hydrogen) atoms. The van der Waals surface area contributed by atoms with Crippen molar-refractivity contribution in [2.45, 2.75) is 51.4 Å². The molecule has 0 aliphatic carbocycles. The highest BCUT2D eigenvalue weighted by Gasteiger charge is 2.32. The first-order valence-corrected chi connectivity index (χ1v) is 15.6. The SMILES string of the molecule is CCN1CCc2c(cccc2N2CCN(C(=O)[C@@H](Cc3ccc(Cl)cc3)NC(=O)[C@H]3Cc4ccccc4CN3)CC2)C1. The maximum Gasteiger partial charge on any atom is 0.245 e. The molecule has 3 heterocycles. The number of likely N-dealkylation sites (N-methyl/N-ethyl adjacent to an activating group) is 1. The number of fused-ring (bicyclic) bond motifs is 2. The predicted molar refractivity (Wildman–Crippen MR) is 168 cm³/mol. The Hall–Kier alpha value is -3.39. The summed E-state index contributed by atoms with van der Waals surface area (Å²) in [7, 11) is 0. The minimum atomic E-state index is -0.645. The van der Waals surface area contributed by atoms with Crippen LogP contribution in [0.25, 0.3) is 0 Å². The summed E-state index contributed by atoms with van der Waals surface area (Å²) in [6.07, 6.45) is 2.10. The fourth-order valence-electron chi connectivity index (χ4n) is 6.57. The second-order valence-electron chi connectivity index (χ2n) is 11.6. The number of rotatable bonds is 7. The Balaban J connectivity index is 1.14. The molecule has 3 aliphatic rings. The summed E-state index contributed by atoms with van der Waals surface area (Å²) >= 11 is 6.12. The fourth-order valence-corrected chi connectivity index (χ4v) is 6.70. The molecule has 220 valence electrons. The van der Waals surface area contributed by atoms with Gasteiger partial charge in [-0.15, -0.1) is 0 Å². The van der Waals surface area contributed by atoms with Crippen molar-refractivity contribution in [1.82, 2.24) is 20.4 Å². The Morgan fingerprint density at radius 2 is 1.67 bits per heavy atom. The molecule has 6 rings (SSSR count). The largest absolute Gasteiger partial charge is 0.368 e. The van der Waals surface area contributed by atoms with Crippen LogP contribution in [-0.2, 0) is 41.9 Å². The maximum atomic E-state index is 14.0. The van der Waals surface area contributed by atoms with Crippen molar-refractivity contribution in [3.05, 3.63) is 99.6 Å². The van der Waals surface area contributed by atoms with Gasteiger partial charge in [-0.2, -0.15) is 0 Å². The van der Waals surface area contributed by atoms with Crippen molar-refractivity contribution >= 4 is 29.1 Å². The fraction of sp³-hybridized carbons (Fsp3) is 0.412. The van der Waals surface area contributed by atoms with Gasteiger partial charge in [0.2, 0.25) is 11.8 Å². The summed E-state index contributed by atoms with van der Waals surface area (Å²) < 4.78 is 0. The van der Waals surface area contributed by atoms with Gasteiger partial charge in [-0.05, 0) is 65.4 Å². The number of benzene rings is 3. The molecule has 0 aromatic heterocycles. The van der Waals surface area contributed by atoms with Gasteiger partial charge in [-0.3, -0.25) is 14.5 Å². The lowest BCUT2D eigenvalue weighted by atomic mass is 9.95. The molecule has 0 bridgehead atoms. The van der Waals surface area contributed by atoms with Crippen molar-refractivity contribution in [3.63, 3.8) is 0 Å². The molecular formula is C34H40ClN5O2. The van der Waals surface area contributed by atoms with Gasteiger partial charge in [0.1, 0.15) is 6.04 Å². The van der Waals surface area contributed by atoms with Crippen molar-refractivity contribution in [2.24, 2.45) is 0 Å². The van der Waals surface area contributed by atoms with Crippen LogP contribution in [0.3, 0.4) is 0 Å². The van der Waals surface area contributed by atoms with E-state index in [0.717, 1.165) is 44.7 Å². The van der Waals surface area contributed by atoms with E-state index in [2.05, 4.69) is 57.7 Å². The lowest BCUT2D eigenvalue weighted by Gasteiger charge is -2.40. The molecule has 3 aromatic rings. The highest BCUT2D eigenvalue weighted by atomic mass is 35.5. The third-order valence-electron chi connectivity index (χ3n) is 9.07. The molecule has 3 aliphatic heterocycles. The number of hydrogen-bond acceptors (Lipinski definition) is 5. The summed E-state index contributed by atoms with van der Waals surface area (Å²) in [5.41, 5.74) is 7.55. The van der Waals surface area contributed by atoms with Crippen LogP contribution in [-0.4, -0.2) is 73.0 Å². The quantitative estimate of drug-likeness (QED) is 0.441. The van der Waals surface area contributed by atoms with Gasteiger partial charge in [-0.25, -0.2) is 0 Å². The summed E-state index contributed by atoms with van der Waals surface area (Å²) in [4.78, 5) is 34.3. The standard InChI is InChI=1S/C34H40ClN5O2/c1-2-38-15-14-29-27(23-38)8-5-9-32(29)39-16-18-40(19-17-39)34(42)31(20-24-10-12-28(35)13-11-24)37-33(41)30-21-25-6-3-4-7-26(25)22-36-30/h3-13,30-31,36H,2,14-23H2,1H3,(H,37,41)/t30-,31-/m1/s1. The van der Waals surface area contributed by atoms with Crippen LogP contribution in [0.15, 0.2) is 66.7 Å². The van der Waals surface area contributed by atoms with E-state index in [-0.39, 0.29) is 17.9 Å². The zero-order valence-electron chi connectivity index (χ0n) is 24.3. The van der Waals surface area contributed by atoms with E-state index < -0.39 is 6.04 Å². The number of amides is 2. The topological polar surface area (TPSA) is 67.9 Å². The maximum absolute atomic E-state index is 14.0. The van der Waals surface area contributed by atoms with Gasteiger partial charge in [0, 0.05) is 62.9 Å². The zero-order valence-corrected chi connectivity index (χ0v) is 25.1. The van der Waals surface area contributed by atoms with Gasteiger partial charge in [-0.1, -0.05) is 67.1 Å². The van der Waals surface area contributed by atoms with E-state index >= 15 is 0 Å². The summed E-state index contributed by atoms with van der Waals surface area (Å²) in [6, 6.07) is 21.4. The highest BCUT2D eigenvalue weighted by Crippen LogP contribution is 2.30. The van der Waals surface area contributed by atoms with E-state index in [1.54, 1.807) is 0 Å². The van der Waals surface area contributed by atoms with Crippen molar-refractivity contribution < 1.29 is 9.59 Å². The number of halogens is 1. The highest BCUT2D eigenvalue weighted by molar-refractivity contribution is 6.30. The van der Waals surface area contributed by atoms with Crippen molar-refractivity contribution in [1.29, 1.82) is 0 Å². The number of nitrogens with one attached hydrogen (secondary N) is 2. The van der Waals surface area contributed by atoms with E-state index in [0.29, 0.717) is 37.5 Å². The lowest BCUT2D eigenvalue weighted by Crippen LogP contribution is -2.58. The second-order valence-corrected chi connectivity index (χ2v) is 12.1. The van der Waals surface area contributed by atoms with E-state index in [1.165, 1.54) is 27.9 Å². The predicted octanol–water partition coefficient (Wildman–Crippen LogP) is 3.81. The normalized spacial score (nSPS) is 19.5. The van der Waals surface area contributed by atoms with E-state index in [1.807, 2.05) is 41.3 Å². The molecule has 1 fully saturated rings. The van der Waals surface area contributed by atoms with Gasteiger partial charge >= 0.3 is 0 Å². The molecule has 0 unspecified atom stereocenters. The molecule has 7 nitrogen and oxygen atoms in total. The summed E-state index contributed by atoms with van der Waals surface area (Å²) in [6.45, 7) is 8.85. The van der Waals surface area contributed by atoms with Gasteiger partial charge in [0.25, 0.3) is 0 Å². The van der Waals surface area contributed by atoms with Gasteiger partial charge < -0.3 is 20.4 Å². The third kappa shape index (κ3) is 6.33. The first-order chi connectivity index (χ1) is 20.5. The van der Waals surface area contributed by atoms with Gasteiger partial charge in [0.15, 0.2) is 0 Å². The van der Waals surface area contributed by atoms with Crippen LogP contribution in [0.5, 0.6) is 0 Å². The molecule has 2 amide bonds.